The second kappa shape index (κ2) is 7.91. The average Bonchev–Trinajstić information content (AvgIpc) is 3.15. The number of fused-ring (bicyclic) bond motifs is 1. The van der Waals surface area contributed by atoms with Gasteiger partial charge in [0.1, 0.15) is 0 Å². The minimum atomic E-state index is -0.0311. The topological polar surface area (TPSA) is 56.4 Å². The minimum Gasteiger partial charge on any atom is -0.378 e. The highest BCUT2D eigenvalue weighted by Crippen LogP contribution is 2.51. The van der Waals surface area contributed by atoms with Gasteiger partial charge in [-0.05, 0) is 47.2 Å². The number of Topliss-reactive ketones (excluding diaryl/α,β-unsaturated/α-hetero) is 1. The van der Waals surface area contributed by atoms with Gasteiger partial charge in [0.15, 0.2) is 5.78 Å². The third-order valence-electron chi connectivity index (χ3n) is 7.11. The van der Waals surface area contributed by atoms with E-state index in [1.165, 1.54) is 11.1 Å². The van der Waals surface area contributed by atoms with Gasteiger partial charge in [0.25, 0.3) is 0 Å². The molecule has 0 radical (unpaired) electrons. The van der Waals surface area contributed by atoms with Gasteiger partial charge in [-0.15, -0.1) is 0 Å². The van der Waals surface area contributed by atoms with E-state index in [2.05, 4.69) is 71.3 Å². The summed E-state index contributed by atoms with van der Waals surface area (Å²) in [6.07, 6.45) is 1.51. The smallest absolute Gasteiger partial charge is 0.161 e. The lowest BCUT2D eigenvalue weighted by Gasteiger charge is -2.44. The van der Waals surface area contributed by atoms with Crippen molar-refractivity contribution in [3.63, 3.8) is 0 Å². The monoisotopic (exact) mass is 450 g/mol. The van der Waals surface area contributed by atoms with Gasteiger partial charge in [-0.1, -0.05) is 49.7 Å². The number of ketones is 1. The van der Waals surface area contributed by atoms with E-state index in [0.717, 1.165) is 28.4 Å². The molecule has 4 atom stereocenters. The molecule has 2 heterocycles. The number of hydrogen-bond acceptors (Lipinski definition) is 5. The summed E-state index contributed by atoms with van der Waals surface area (Å²) >= 11 is 6.15. The predicted octanol–water partition coefficient (Wildman–Crippen LogP) is 4.53. The molecule has 1 saturated heterocycles. The maximum absolute atomic E-state index is 13.5. The van der Waals surface area contributed by atoms with E-state index in [4.69, 9.17) is 11.6 Å². The van der Waals surface area contributed by atoms with Gasteiger partial charge in [0, 0.05) is 54.3 Å². The third-order valence-corrected chi connectivity index (χ3v) is 7.36. The number of hydrogen-bond donors (Lipinski definition) is 3. The SMILES string of the molecule is CN(C)c1ccc(C2C3=C(CC(C)(C)CC3=O)NC3NNC(c4ccc(Cl)cc4)C32)cc1. The molecular weight excluding hydrogens is 420 g/mol. The zero-order valence-corrected chi connectivity index (χ0v) is 19.8. The Morgan fingerprint density at radius 3 is 2.25 bits per heavy atom. The van der Waals surface area contributed by atoms with Gasteiger partial charge in [-0.3, -0.25) is 4.79 Å². The zero-order chi connectivity index (χ0) is 22.6. The predicted molar refractivity (Wildman–Crippen MR) is 129 cm³/mol. The van der Waals surface area contributed by atoms with Crippen LogP contribution in [0.1, 0.15) is 49.8 Å². The number of anilines is 1. The summed E-state index contributed by atoms with van der Waals surface area (Å²) in [5.74, 6) is 0.426. The van der Waals surface area contributed by atoms with Crippen LogP contribution in [-0.4, -0.2) is 26.0 Å². The molecule has 0 saturated carbocycles. The minimum absolute atomic E-state index is 0.0132. The summed E-state index contributed by atoms with van der Waals surface area (Å²) in [6, 6.07) is 16.8. The normalized spacial score (nSPS) is 28.7. The van der Waals surface area contributed by atoms with Crippen molar-refractivity contribution in [1.29, 1.82) is 0 Å². The van der Waals surface area contributed by atoms with Crippen LogP contribution in [0.5, 0.6) is 0 Å². The molecule has 1 fully saturated rings. The van der Waals surface area contributed by atoms with Gasteiger partial charge in [-0.25, -0.2) is 10.9 Å². The van der Waals surface area contributed by atoms with E-state index in [9.17, 15) is 4.79 Å². The van der Waals surface area contributed by atoms with E-state index in [0.29, 0.717) is 6.42 Å². The van der Waals surface area contributed by atoms with Crippen LogP contribution in [0.15, 0.2) is 59.8 Å². The first-order valence-corrected chi connectivity index (χ1v) is 11.7. The van der Waals surface area contributed by atoms with Gasteiger partial charge in [-0.2, -0.15) is 0 Å². The lowest BCUT2D eigenvalue weighted by Crippen LogP contribution is -2.51. The summed E-state index contributed by atoms with van der Waals surface area (Å²) in [6.45, 7) is 4.36. The van der Waals surface area contributed by atoms with Gasteiger partial charge in [0.2, 0.25) is 0 Å². The van der Waals surface area contributed by atoms with Crippen molar-refractivity contribution < 1.29 is 4.79 Å². The Bertz CT molecular complexity index is 1060. The summed E-state index contributed by atoms with van der Waals surface area (Å²) in [5.41, 5.74) is 12.5. The fraction of sp³-hybridized carbons (Fsp3) is 0.423. The van der Waals surface area contributed by atoms with Gasteiger partial charge in [0.05, 0.1) is 12.2 Å². The van der Waals surface area contributed by atoms with Crippen LogP contribution in [-0.2, 0) is 4.79 Å². The van der Waals surface area contributed by atoms with Gasteiger partial charge >= 0.3 is 0 Å². The van der Waals surface area contributed by atoms with Crippen molar-refractivity contribution in [2.75, 3.05) is 19.0 Å². The molecular formula is C26H31ClN4O. The van der Waals surface area contributed by atoms with Crippen molar-refractivity contribution in [3.8, 4) is 0 Å². The van der Waals surface area contributed by atoms with Crippen molar-refractivity contribution in [3.05, 3.63) is 76.0 Å². The fourth-order valence-electron chi connectivity index (χ4n) is 5.63. The van der Waals surface area contributed by atoms with E-state index in [1.54, 1.807) is 0 Å². The van der Waals surface area contributed by atoms with Crippen molar-refractivity contribution in [2.24, 2.45) is 11.3 Å². The van der Waals surface area contributed by atoms with Gasteiger partial charge < -0.3 is 10.2 Å². The number of carbonyl (C=O) groups excluding carboxylic acids is 1. The Morgan fingerprint density at radius 1 is 0.938 bits per heavy atom. The van der Waals surface area contributed by atoms with E-state index >= 15 is 0 Å². The number of hydrazine groups is 1. The van der Waals surface area contributed by atoms with Crippen molar-refractivity contribution in [1.82, 2.24) is 16.2 Å². The highest BCUT2D eigenvalue weighted by atomic mass is 35.5. The fourth-order valence-corrected chi connectivity index (χ4v) is 5.76. The summed E-state index contributed by atoms with van der Waals surface area (Å²) in [4.78, 5) is 15.6. The first-order valence-electron chi connectivity index (χ1n) is 11.3. The second-order valence-electron chi connectivity index (χ2n) is 10.3. The van der Waals surface area contributed by atoms with Crippen molar-refractivity contribution in [2.45, 2.75) is 44.8 Å². The summed E-state index contributed by atoms with van der Waals surface area (Å²) < 4.78 is 0. The number of allylic oxidation sites excluding steroid dienone is 2. The first-order chi connectivity index (χ1) is 15.2. The second-order valence-corrected chi connectivity index (χ2v) is 10.8. The Hall–Kier alpha value is -2.34. The molecule has 168 valence electrons. The first kappa shape index (κ1) is 21.5. The molecule has 0 spiro atoms. The molecule has 5 rings (SSSR count). The molecule has 2 aromatic carbocycles. The van der Waals surface area contributed by atoms with Crippen LogP contribution in [0.3, 0.4) is 0 Å². The largest absolute Gasteiger partial charge is 0.378 e. The van der Waals surface area contributed by atoms with Crippen LogP contribution in [0.25, 0.3) is 0 Å². The van der Waals surface area contributed by atoms with E-state index in [1.807, 2.05) is 26.2 Å². The molecule has 3 aliphatic rings. The van der Waals surface area contributed by atoms with Crippen LogP contribution >= 0.6 is 11.6 Å². The molecule has 0 amide bonds. The van der Waals surface area contributed by atoms with Crippen LogP contribution in [0.2, 0.25) is 5.02 Å². The molecule has 6 heteroatoms. The zero-order valence-electron chi connectivity index (χ0n) is 19.1. The van der Waals surface area contributed by atoms with Crippen LogP contribution in [0.4, 0.5) is 5.69 Å². The number of rotatable bonds is 3. The molecule has 0 aromatic heterocycles. The van der Waals surface area contributed by atoms with Crippen LogP contribution < -0.4 is 21.1 Å². The molecule has 1 aliphatic carbocycles. The van der Waals surface area contributed by atoms with E-state index in [-0.39, 0.29) is 35.2 Å². The maximum Gasteiger partial charge on any atom is 0.161 e. The molecule has 5 nitrogen and oxygen atoms in total. The molecule has 0 bridgehead atoms. The number of benzene rings is 2. The Balaban J connectivity index is 1.62. The average molecular weight is 451 g/mol. The number of carbonyl (C=O) groups is 1. The molecule has 2 aliphatic heterocycles. The standard InChI is InChI=1S/C26H31ClN4O/c1-26(2)13-19-22(20(32)14-26)21(15-7-11-18(12-8-15)31(3)4)23-24(29-30-25(23)28-19)16-5-9-17(27)10-6-16/h5-12,21,23-25,28-30H,13-14H2,1-4H3. The van der Waals surface area contributed by atoms with E-state index < -0.39 is 0 Å². The lowest BCUT2D eigenvalue weighted by atomic mass is 9.65. The molecule has 3 N–H and O–H groups in total. The van der Waals surface area contributed by atoms with Crippen molar-refractivity contribution >= 4 is 23.1 Å². The summed E-state index contributed by atoms with van der Waals surface area (Å²) in [5, 5.41) is 4.42. The summed E-state index contributed by atoms with van der Waals surface area (Å²) in [7, 11) is 4.09. The Labute approximate surface area is 195 Å². The number of nitrogens with one attached hydrogen (secondary N) is 3. The molecule has 32 heavy (non-hydrogen) atoms. The molecule has 2 aromatic rings. The maximum atomic E-state index is 13.5. The highest BCUT2D eigenvalue weighted by Gasteiger charge is 2.51. The number of halogens is 1. The molecule has 4 unspecified atom stereocenters. The van der Waals surface area contributed by atoms with Crippen LogP contribution in [0, 0.1) is 11.3 Å². The third kappa shape index (κ3) is 3.72. The number of nitrogens with zero attached hydrogens (tertiary/aromatic N) is 1. The Morgan fingerprint density at radius 2 is 1.59 bits per heavy atom. The quantitative estimate of drug-likeness (QED) is 0.641. The Kier molecular flexibility index (Phi) is 5.31. The highest BCUT2D eigenvalue weighted by molar-refractivity contribution is 6.30. The lowest BCUT2D eigenvalue weighted by molar-refractivity contribution is -0.118.